The minimum Gasteiger partial charge on any atom is -0.456 e. The number of aliphatic hydroxyl groups excluding tert-OH is 3. The van der Waals surface area contributed by atoms with E-state index in [0.29, 0.717) is 5.56 Å². The van der Waals surface area contributed by atoms with E-state index in [9.17, 15) is 44.4 Å². The summed E-state index contributed by atoms with van der Waals surface area (Å²) in [7, 11) is 0. The van der Waals surface area contributed by atoms with Gasteiger partial charge in [0, 0.05) is 25.7 Å². The third-order valence-corrected chi connectivity index (χ3v) is 12.4. The number of hydrogen-bond donors (Lipinski definition) is 5. The quantitative estimate of drug-likeness (QED) is 0.147. The number of carbonyl (C=O) groups excluding carboxylic acids is 5. The number of aryl methyl sites for hydroxylation is 1. The highest BCUT2D eigenvalue weighted by Crippen LogP contribution is 2.61. The summed E-state index contributed by atoms with van der Waals surface area (Å²) in [6.45, 7) is 12.1. The van der Waals surface area contributed by atoms with Crippen LogP contribution < -0.4 is 5.32 Å². The van der Waals surface area contributed by atoms with Crippen molar-refractivity contribution in [2.24, 2.45) is 17.3 Å². The van der Waals surface area contributed by atoms with Crippen LogP contribution in [0.2, 0.25) is 0 Å². The molecule has 1 heterocycles. The van der Waals surface area contributed by atoms with Crippen molar-refractivity contribution in [1.82, 2.24) is 5.32 Å². The number of hydrogen-bond acceptors (Lipinski definition) is 14. The van der Waals surface area contributed by atoms with Crippen molar-refractivity contribution in [3.63, 3.8) is 0 Å². The fourth-order valence-electron chi connectivity index (χ4n) is 9.32. The maximum atomic E-state index is 14.8. The predicted octanol–water partition coefficient (Wildman–Crippen LogP) is 3.18. The van der Waals surface area contributed by atoms with Crippen molar-refractivity contribution in [2.45, 2.75) is 128 Å². The zero-order valence-electron chi connectivity index (χ0n) is 33.9. The summed E-state index contributed by atoms with van der Waals surface area (Å²) in [5, 5.41) is 51.2. The summed E-state index contributed by atoms with van der Waals surface area (Å²) in [6.07, 6.45) is -11.3. The van der Waals surface area contributed by atoms with Crippen LogP contribution in [0.4, 0.5) is 4.79 Å². The van der Waals surface area contributed by atoms with Crippen LogP contribution in [-0.4, -0.2) is 110 Å². The molecule has 58 heavy (non-hydrogen) atoms. The zero-order valence-corrected chi connectivity index (χ0v) is 33.9. The van der Waals surface area contributed by atoms with E-state index in [0.717, 1.165) is 12.5 Å². The number of esters is 3. The van der Waals surface area contributed by atoms with Crippen LogP contribution in [0.25, 0.3) is 0 Å². The predicted molar refractivity (Wildman–Crippen MR) is 204 cm³/mol. The Bertz CT molecular complexity index is 1980. The topological polar surface area (TPSA) is 224 Å². The monoisotopic (exact) mass is 807 g/mol. The zero-order chi connectivity index (χ0) is 42.7. The summed E-state index contributed by atoms with van der Waals surface area (Å²) in [5.74, 6) is -6.48. The molecule has 1 amide bonds. The number of aliphatic hydroxyl groups is 4. The van der Waals surface area contributed by atoms with Crippen molar-refractivity contribution >= 4 is 29.8 Å². The number of ketones is 1. The number of fused-ring (bicyclic) bond motifs is 5. The van der Waals surface area contributed by atoms with Gasteiger partial charge in [0.2, 0.25) is 0 Å². The summed E-state index contributed by atoms with van der Waals surface area (Å²) < 4.78 is 29.4. The van der Waals surface area contributed by atoms with E-state index in [-0.39, 0.29) is 29.7 Å². The lowest BCUT2D eigenvalue weighted by Crippen LogP contribution is -2.81. The molecule has 6 rings (SSSR count). The SMILES string of the molecule is CC(=O)O[C@@]12CO[C@@H]1C[C@H](O)[C@@]1(C)C(=O)[C@H](O)C3=C(C)[C@@H](OC(=O)[C@H](O)[C@@H](NC(=O)OC(C)(C)C)c4ccc(C)cc4)C[C@](O)(C3C)[C@@H](OC(=O)c3ccccc3)[C@H]21. The first-order chi connectivity index (χ1) is 27.0. The van der Waals surface area contributed by atoms with E-state index in [1.54, 1.807) is 63.2 Å². The first kappa shape index (κ1) is 42.9. The van der Waals surface area contributed by atoms with Gasteiger partial charge in [-0.1, -0.05) is 55.0 Å². The fourth-order valence-corrected chi connectivity index (χ4v) is 9.32. The molecule has 3 aliphatic carbocycles. The van der Waals surface area contributed by atoms with Crippen LogP contribution in [0.15, 0.2) is 65.7 Å². The Balaban J connectivity index is 1.46. The number of benzene rings is 2. The Kier molecular flexibility index (Phi) is 11.5. The summed E-state index contributed by atoms with van der Waals surface area (Å²) >= 11 is 0. The normalized spacial score (nSPS) is 34.1. The average Bonchev–Trinajstić information content (AvgIpc) is 3.15. The van der Waals surface area contributed by atoms with Gasteiger partial charge in [0.05, 0.1) is 35.6 Å². The van der Waals surface area contributed by atoms with Crippen molar-refractivity contribution in [3.05, 3.63) is 82.4 Å². The number of carbonyl (C=O) groups is 5. The Morgan fingerprint density at radius 2 is 1.62 bits per heavy atom. The smallest absolute Gasteiger partial charge is 0.408 e. The van der Waals surface area contributed by atoms with E-state index in [1.807, 2.05) is 6.92 Å². The van der Waals surface area contributed by atoms with Gasteiger partial charge < -0.3 is 49.4 Å². The van der Waals surface area contributed by atoms with Crippen molar-refractivity contribution in [3.8, 4) is 0 Å². The summed E-state index contributed by atoms with van der Waals surface area (Å²) in [4.78, 5) is 68.7. The number of ether oxygens (including phenoxy) is 5. The van der Waals surface area contributed by atoms with E-state index in [4.69, 9.17) is 23.7 Å². The second-order valence-corrected chi connectivity index (χ2v) is 17.3. The highest BCUT2D eigenvalue weighted by molar-refractivity contribution is 5.94. The molecular weight excluding hydrogens is 754 g/mol. The molecule has 1 unspecified atom stereocenters. The molecule has 2 saturated carbocycles. The average molecular weight is 808 g/mol. The fraction of sp³-hybridized carbons (Fsp3) is 0.558. The van der Waals surface area contributed by atoms with Crippen molar-refractivity contribution in [1.29, 1.82) is 0 Å². The van der Waals surface area contributed by atoms with Gasteiger partial charge in [-0.2, -0.15) is 0 Å². The molecule has 4 aliphatic rings. The van der Waals surface area contributed by atoms with E-state index >= 15 is 0 Å². The van der Waals surface area contributed by atoms with E-state index in [1.165, 1.54) is 32.9 Å². The standard InChI is InChI=1S/C43H53NO14/c1-21-14-16-25(17-15-21)31(44-39(52)58-40(5,6)7)33(48)38(51)55-27-19-42(53)23(3)30(22(27)2)32(47)35(49)41(8)28(46)18-29-43(20-54-29,57-24(4)45)34(41)36(42)56-37(50)26-12-10-9-11-13-26/h9-17,23,27-29,31-34,36,46-48,53H,18-20H2,1-8H3,(H,44,52)/t23?,27-,28-,29+,31-,32+,33+,34-,36-,41+,42-,43-/m0/s1. The maximum Gasteiger partial charge on any atom is 0.408 e. The number of alkyl carbamates (subject to hydrolysis) is 1. The molecule has 0 aromatic heterocycles. The lowest BCUT2D eigenvalue weighted by Gasteiger charge is -2.66. The Labute approximate surface area is 336 Å². The van der Waals surface area contributed by atoms with Crippen LogP contribution in [0, 0.1) is 24.2 Å². The molecule has 5 N–H and O–H groups in total. The molecular formula is C43H53NO14. The number of nitrogens with one attached hydrogen (secondary N) is 1. The number of amides is 1. The highest BCUT2D eigenvalue weighted by Gasteiger charge is 2.76. The van der Waals surface area contributed by atoms with Crippen LogP contribution in [0.5, 0.6) is 0 Å². The second kappa shape index (κ2) is 15.5. The van der Waals surface area contributed by atoms with Gasteiger partial charge in [0.25, 0.3) is 0 Å². The summed E-state index contributed by atoms with van der Waals surface area (Å²) in [6, 6.07) is 13.2. The van der Waals surface area contributed by atoms with Crippen LogP contribution in [-0.2, 0) is 38.1 Å². The van der Waals surface area contributed by atoms with Crippen molar-refractivity contribution in [2.75, 3.05) is 6.61 Å². The lowest BCUT2D eigenvalue weighted by molar-refractivity contribution is -0.343. The third kappa shape index (κ3) is 7.43. The highest BCUT2D eigenvalue weighted by atomic mass is 16.6. The third-order valence-electron chi connectivity index (χ3n) is 12.4. The minimum atomic E-state index is -2.29. The molecule has 3 fully saturated rings. The lowest BCUT2D eigenvalue weighted by atomic mass is 9.47. The maximum absolute atomic E-state index is 14.8. The number of rotatable bonds is 8. The largest absolute Gasteiger partial charge is 0.456 e. The summed E-state index contributed by atoms with van der Waals surface area (Å²) in [5.41, 5.74) is -5.49. The second-order valence-electron chi connectivity index (χ2n) is 17.3. The van der Waals surface area contributed by atoms with Crippen LogP contribution in [0.3, 0.4) is 0 Å². The molecule has 2 bridgehead atoms. The molecule has 2 aromatic carbocycles. The van der Waals surface area contributed by atoms with E-state index in [2.05, 4.69) is 5.32 Å². The Morgan fingerprint density at radius 3 is 2.19 bits per heavy atom. The van der Waals surface area contributed by atoms with Crippen LogP contribution in [0.1, 0.15) is 88.8 Å². The van der Waals surface area contributed by atoms with Gasteiger partial charge in [-0.15, -0.1) is 0 Å². The molecule has 12 atom stereocenters. The molecule has 2 aromatic rings. The van der Waals surface area contributed by atoms with Crippen LogP contribution >= 0.6 is 0 Å². The Hall–Kier alpha value is -4.67. The molecule has 15 nitrogen and oxygen atoms in total. The molecule has 0 spiro atoms. The molecule has 1 saturated heterocycles. The van der Waals surface area contributed by atoms with Gasteiger partial charge in [0.1, 0.15) is 35.6 Å². The van der Waals surface area contributed by atoms with E-state index < -0.39 is 113 Å². The van der Waals surface area contributed by atoms with Gasteiger partial charge in [0.15, 0.2) is 17.5 Å². The minimum absolute atomic E-state index is 0.0471. The number of Topliss-reactive ketones (excluding diaryl/α,β-unsaturated/α-hetero) is 1. The van der Waals surface area contributed by atoms with Gasteiger partial charge in [-0.3, -0.25) is 9.59 Å². The first-order valence-electron chi connectivity index (χ1n) is 19.4. The molecule has 1 aliphatic heterocycles. The van der Waals surface area contributed by atoms with Gasteiger partial charge >= 0.3 is 24.0 Å². The molecule has 0 radical (unpaired) electrons. The van der Waals surface area contributed by atoms with Gasteiger partial charge in [-0.25, -0.2) is 14.4 Å². The molecule has 314 valence electrons. The molecule has 15 heteroatoms. The first-order valence-corrected chi connectivity index (χ1v) is 19.4. The Morgan fingerprint density at radius 1 is 0.983 bits per heavy atom. The van der Waals surface area contributed by atoms with Gasteiger partial charge in [-0.05, 0) is 70.4 Å². The van der Waals surface area contributed by atoms with Crippen molar-refractivity contribution < 1.29 is 68.1 Å².